The van der Waals surface area contributed by atoms with Crippen molar-refractivity contribution in [2.75, 3.05) is 6.26 Å². The maximum absolute atomic E-state index is 3.79. The van der Waals surface area contributed by atoms with E-state index in [2.05, 4.69) is 24.6 Å². The summed E-state index contributed by atoms with van der Waals surface area (Å²) in [6, 6.07) is 2.09. The van der Waals surface area contributed by atoms with Crippen molar-refractivity contribution in [3.05, 3.63) is 23.2 Å². The van der Waals surface area contributed by atoms with Crippen molar-refractivity contribution < 1.29 is 0 Å². The van der Waals surface area contributed by atoms with Crippen LogP contribution in [0, 0.1) is 6.92 Å². The lowest BCUT2D eigenvalue weighted by Crippen LogP contribution is -1.54. The van der Waals surface area contributed by atoms with Gasteiger partial charge < -0.3 is 0 Å². The van der Waals surface area contributed by atoms with Crippen molar-refractivity contribution in [3.63, 3.8) is 0 Å². The molecule has 0 saturated heterocycles. The Balaban J connectivity index is 2.84. The molecule has 0 nitrogen and oxygen atoms in total. The first-order valence-corrected chi connectivity index (χ1v) is 4.38. The molecule has 0 saturated carbocycles. The average molecular weight is 143 g/mol. The van der Waals surface area contributed by atoms with E-state index in [1.165, 1.54) is 4.90 Å². The highest BCUT2D eigenvalue weighted by Crippen LogP contribution is 2.21. The third-order valence-electron chi connectivity index (χ3n) is 0.865. The third-order valence-corrected chi connectivity index (χ3v) is 2.51. The second-order valence-corrected chi connectivity index (χ2v) is 3.33. The van der Waals surface area contributed by atoms with Gasteiger partial charge in [-0.2, -0.15) is 0 Å². The van der Waals surface area contributed by atoms with Crippen LogP contribution in [-0.2, 0) is 0 Å². The minimum atomic E-state index is 1.15. The van der Waals surface area contributed by atoms with Gasteiger partial charge in [0.2, 0.25) is 0 Å². The predicted octanol–water partition coefficient (Wildman–Crippen LogP) is 2.65. The van der Waals surface area contributed by atoms with Gasteiger partial charge in [-0.25, -0.2) is 0 Å². The Morgan fingerprint density at radius 1 is 1.75 bits per heavy atom. The molecular weight excluding hydrogens is 136 g/mol. The SMILES string of the molecule is [CH2]c1cc(SC)cs1. The number of hydrogen-bond donors (Lipinski definition) is 0. The molecule has 0 aromatic carbocycles. The fraction of sp³-hybridized carbons (Fsp3) is 0.167. The molecule has 0 aliphatic carbocycles. The normalized spacial score (nSPS) is 9.75. The molecule has 1 radical (unpaired) electrons. The summed E-state index contributed by atoms with van der Waals surface area (Å²) in [6.45, 7) is 3.79. The molecule has 0 N–H and O–H groups in total. The molecule has 8 heavy (non-hydrogen) atoms. The lowest BCUT2D eigenvalue weighted by atomic mass is 10.5. The number of hydrogen-bond acceptors (Lipinski definition) is 2. The van der Waals surface area contributed by atoms with Gasteiger partial charge in [0, 0.05) is 15.2 Å². The molecule has 1 rings (SSSR count). The Labute approximate surface area is 57.9 Å². The molecule has 43 valence electrons. The van der Waals surface area contributed by atoms with Gasteiger partial charge in [0.1, 0.15) is 0 Å². The third kappa shape index (κ3) is 1.26. The van der Waals surface area contributed by atoms with Crippen LogP contribution in [0.4, 0.5) is 0 Å². The largest absolute Gasteiger partial charge is 0.148 e. The molecular formula is C6H7S2. The van der Waals surface area contributed by atoms with Gasteiger partial charge in [-0.1, -0.05) is 0 Å². The average Bonchev–Trinajstić information content (AvgIpc) is 2.14. The standard InChI is InChI=1S/C6H7S2/c1-5-3-6(7-2)4-8-5/h3-4H,1H2,2H3. The topological polar surface area (TPSA) is 0 Å². The molecule has 0 aliphatic heterocycles. The molecule has 0 aliphatic rings. The minimum absolute atomic E-state index is 1.15. The van der Waals surface area contributed by atoms with Crippen LogP contribution in [0.2, 0.25) is 0 Å². The van der Waals surface area contributed by atoms with E-state index in [1.54, 1.807) is 23.1 Å². The van der Waals surface area contributed by atoms with Crippen molar-refractivity contribution in [2.45, 2.75) is 4.90 Å². The van der Waals surface area contributed by atoms with Crippen LogP contribution < -0.4 is 0 Å². The summed E-state index contributed by atoms with van der Waals surface area (Å²) in [5.41, 5.74) is 0. The van der Waals surface area contributed by atoms with Crippen molar-refractivity contribution in [3.8, 4) is 0 Å². The van der Waals surface area contributed by atoms with Gasteiger partial charge in [-0.3, -0.25) is 0 Å². The van der Waals surface area contributed by atoms with Gasteiger partial charge in [-0.15, -0.1) is 23.1 Å². The zero-order valence-electron chi connectivity index (χ0n) is 4.68. The van der Waals surface area contributed by atoms with E-state index >= 15 is 0 Å². The molecule has 1 heterocycles. The van der Waals surface area contributed by atoms with E-state index in [0.29, 0.717) is 0 Å². The summed E-state index contributed by atoms with van der Waals surface area (Å²) in [5, 5.41) is 2.12. The zero-order valence-corrected chi connectivity index (χ0v) is 6.31. The first-order valence-electron chi connectivity index (χ1n) is 2.27. The first-order chi connectivity index (χ1) is 3.83. The molecule has 2 heteroatoms. The van der Waals surface area contributed by atoms with Gasteiger partial charge in [-0.05, 0) is 19.2 Å². The summed E-state index contributed by atoms with van der Waals surface area (Å²) in [7, 11) is 0. The molecule has 0 bridgehead atoms. The fourth-order valence-corrected chi connectivity index (χ4v) is 1.86. The Kier molecular flexibility index (Phi) is 1.97. The van der Waals surface area contributed by atoms with Gasteiger partial charge >= 0.3 is 0 Å². The molecule has 1 aromatic rings. The monoisotopic (exact) mass is 143 g/mol. The van der Waals surface area contributed by atoms with Crippen LogP contribution in [0.3, 0.4) is 0 Å². The van der Waals surface area contributed by atoms with E-state index in [9.17, 15) is 0 Å². The predicted molar refractivity (Wildman–Crippen MR) is 40.6 cm³/mol. The maximum atomic E-state index is 3.79. The maximum Gasteiger partial charge on any atom is 0.0179 e. The molecule has 0 fully saturated rings. The van der Waals surface area contributed by atoms with Crippen molar-refractivity contribution in [2.24, 2.45) is 0 Å². The van der Waals surface area contributed by atoms with E-state index < -0.39 is 0 Å². The minimum Gasteiger partial charge on any atom is -0.148 e. The molecule has 0 unspecified atom stereocenters. The lowest BCUT2D eigenvalue weighted by Gasteiger charge is -1.80. The summed E-state index contributed by atoms with van der Waals surface area (Å²) in [5.74, 6) is 0. The Hall–Kier alpha value is 0.0500. The Bertz CT molecular complexity index is 167. The van der Waals surface area contributed by atoms with E-state index in [-0.39, 0.29) is 0 Å². The van der Waals surface area contributed by atoms with E-state index in [1.807, 2.05) is 0 Å². The quantitative estimate of drug-likeness (QED) is 0.545. The number of thiophene rings is 1. The zero-order chi connectivity index (χ0) is 5.98. The van der Waals surface area contributed by atoms with Crippen LogP contribution in [0.25, 0.3) is 0 Å². The summed E-state index contributed by atoms with van der Waals surface area (Å²) >= 11 is 3.46. The van der Waals surface area contributed by atoms with Gasteiger partial charge in [0.05, 0.1) is 0 Å². The van der Waals surface area contributed by atoms with Crippen molar-refractivity contribution in [1.82, 2.24) is 0 Å². The van der Waals surface area contributed by atoms with Crippen LogP contribution >= 0.6 is 23.1 Å². The first kappa shape index (κ1) is 6.17. The number of thioether (sulfide) groups is 1. The van der Waals surface area contributed by atoms with E-state index in [4.69, 9.17) is 0 Å². The molecule has 0 amide bonds. The second-order valence-electron chi connectivity index (χ2n) is 1.45. The Morgan fingerprint density at radius 2 is 2.50 bits per heavy atom. The van der Waals surface area contributed by atoms with Crippen molar-refractivity contribution >= 4 is 23.1 Å². The molecule has 0 spiro atoms. The fourth-order valence-electron chi connectivity index (χ4n) is 0.468. The van der Waals surface area contributed by atoms with Crippen LogP contribution in [0.1, 0.15) is 4.88 Å². The van der Waals surface area contributed by atoms with Crippen LogP contribution in [-0.4, -0.2) is 6.26 Å². The Morgan fingerprint density at radius 3 is 2.75 bits per heavy atom. The van der Waals surface area contributed by atoms with Gasteiger partial charge in [0.15, 0.2) is 0 Å². The van der Waals surface area contributed by atoms with Crippen molar-refractivity contribution in [1.29, 1.82) is 0 Å². The molecule has 1 aromatic heterocycles. The van der Waals surface area contributed by atoms with Gasteiger partial charge in [0.25, 0.3) is 0 Å². The van der Waals surface area contributed by atoms with E-state index in [0.717, 1.165) is 4.88 Å². The second kappa shape index (κ2) is 2.55. The van der Waals surface area contributed by atoms with Crippen LogP contribution in [0.5, 0.6) is 0 Å². The lowest BCUT2D eigenvalue weighted by molar-refractivity contribution is 1.58. The highest BCUT2D eigenvalue weighted by atomic mass is 32.2. The highest BCUT2D eigenvalue weighted by molar-refractivity contribution is 7.98. The highest BCUT2D eigenvalue weighted by Gasteiger charge is 1.90. The van der Waals surface area contributed by atoms with Crippen LogP contribution in [0.15, 0.2) is 16.3 Å². The smallest absolute Gasteiger partial charge is 0.0179 e. The summed E-state index contributed by atoms with van der Waals surface area (Å²) in [4.78, 5) is 2.47. The summed E-state index contributed by atoms with van der Waals surface area (Å²) in [6.07, 6.45) is 2.07. The molecule has 0 atom stereocenters. The number of rotatable bonds is 1. The summed E-state index contributed by atoms with van der Waals surface area (Å²) < 4.78 is 0.